The van der Waals surface area contributed by atoms with Crippen LogP contribution in [0.1, 0.15) is 96.0 Å². The molecule has 130 valence electrons. The van der Waals surface area contributed by atoms with Gasteiger partial charge in [-0.15, -0.1) is 0 Å². The number of unbranched alkanes of at least 4 members (excludes halogenated alkanes) is 2. The molecule has 0 aromatic heterocycles. The van der Waals surface area contributed by atoms with Crippen molar-refractivity contribution in [3.05, 3.63) is 58.2 Å². The Morgan fingerprint density at radius 1 is 0.750 bits per heavy atom. The normalized spacial score (nSPS) is 18.9. The lowest BCUT2D eigenvalue weighted by atomic mass is 9.83. The second kappa shape index (κ2) is 8.70. The first-order chi connectivity index (χ1) is 11.9. The average Bonchev–Trinajstić information content (AvgIpc) is 2.76. The Morgan fingerprint density at radius 3 is 1.79 bits per heavy atom. The molecule has 0 N–H and O–H groups in total. The fourth-order valence-corrected chi connectivity index (χ4v) is 4.72. The lowest BCUT2D eigenvalue weighted by molar-refractivity contribution is 0.680. The van der Waals surface area contributed by atoms with E-state index in [1.54, 1.807) is 27.9 Å². The molecule has 1 aromatic rings. The van der Waals surface area contributed by atoms with E-state index in [-0.39, 0.29) is 0 Å². The third-order valence-corrected chi connectivity index (χ3v) is 5.92. The van der Waals surface area contributed by atoms with Gasteiger partial charge in [0, 0.05) is 5.92 Å². The maximum Gasteiger partial charge on any atom is 0.0269 e. The topological polar surface area (TPSA) is 0 Å². The number of benzene rings is 1. The van der Waals surface area contributed by atoms with Crippen LogP contribution in [-0.4, -0.2) is 0 Å². The Labute approximate surface area is 149 Å². The molecule has 1 saturated carbocycles. The fraction of sp³-hybridized carbons (Fsp3) is 0.583. The fourth-order valence-electron chi connectivity index (χ4n) is 4.72. The van der Waals surface area contributed by atoms with Gasteiger partial charge in [0.05, 0.1) is 0 Å². The molecule has 1 aromatic carbocycles. The highest BCUT2D eigenvalue weighted by Crippen LogP contribution is 2.51. The summed E-state index contributed by atoms with van der Waals surface area (Å²) in [6.45, 7) is 4.66. The van der Waals surface area contributed by atoms with Crippen LogP contribution in [0.3, 0.4) is 0 Å². The van der Waals surface area contributed by atoms with E-state index >= 15 is 0 Å². The van der Waals surface area contributed by atoms with Gasteiger partial charge >= 0.3 is 0 Å². The van der Waals surface area contributed by atoms with Gasteiger partial charge in [-0.25, -0.2) is 0 Å². The third-order valence-electron chi connectivity index (χ3n) is 5.92. The van der Waals surface area contributed by atoms with E-state index in [1.165, 1.54) is 70.6 Å². The predicted octanol–water partition coefficient (Wildman–Crippen LogP) is 7.72. The van der Waals surface area contributed by atoms with Crippen molar-refractivity contribution in [2.75, 3.05) is 0 Å². The Bertz CT molecular complexity index is 554. The quantitative estimate of drug-likeness (QED) is 0.482. The second-order valence-corrected chi connectivity index (χ2v) is 7.62. The van der Waals surface area contributed by atoms with Crippen LogP contribution in [0.5, 0.6) is 0 Å². The van der Waals surface area contributed by atoms with Crippen LogP contribution in [0.2, 0.25) is 0 Å². The third kappa shape index (κ3) is 3.68. The summed E-state index contributed by atoms with van der Waals surface area (Å²) in [5.74, 6) is 0.604. The lowest BCUT2D eigenvalue weighted by Crippen LogP contribution is -2.04. The predicted molar refractivity (Wildman–Crippen MR) is 105 cm³/mol. The van der Waals surface area contributed by atoms with Gasteiger partial charge in [-0.05, 0) is 68.1 Å². The number of fused-ring (bicyclic) bond motifs is 1. The summed E-state index contributed by atoms with van der Waals surface area (Å²) in [6.07, 6.45) is 14.8. The minimum absolute atomic E-state index is 0.604. The maximum atomic E-state index is 2.37. The summed E-state index contributed by atoms with van der Waals surface area (Å²) in [7, 11) is 0. The minimum Gasteiger partial charge on any atom is -0.0654 e. The van der Waals surface area contributed by atoms with Crippen molar-refractivity contribution in [3.63, 3.8) is 0 Å². The van der Waals surface area contributed by atoms with Crippen molar-refractivity contribution >= 4 is 0 Å². The van der Waals surface area contributed by atoms with E-state index in [0.29, 0.717) is 5.92 Å². The van der Waals surface area contributed by atoms with Gasteiger partial charge in [0.15, 0.2) is 0 Å². The molecule has 0 nitrogen and oxygen atoms in total. The summed E-state index contributed by atoms with van der Waals surface area (Å²) in [5, 5.41) is 0. The molecular formula is C24H34. The highest BCUT2D eigenvalue weighted by atomic mass is 14.4. The van der Waals surface area contributed by atoms with Crippen molar-refractivity contribution in [1.82, 2.24) is 0 Å². The summed E-state index contributed by atoms with van der Waals surface area (Å²) >= 11 is 0. The SMILES string of the molecule is CCCCC1=C2CCCCCC2=C(CCCC)C1c1ccccc1. The molecule has 0 spiro atoms. The molecule has 0 unspecified atom stereocenters. The zero-order valence-electron chi connectivity index (χ0n) is 15.7. The Balaban J connectivity index is 2.03. The van der Waals surface area contributed by atoms with Crippen LogP contribution in [0.25, 0.3) is 0 Å². The summed E-state index contributed by atoms with van der Waals surface area (Å²) < 4.78 is 0. The summed E-state index contributed by atoms with van der Waals surface area (Å²) in [5.41, 5.74) is 8.72. The van der Waals surface area contributed by atoms with Crippen LogP contribution >= 0.6 is 0 Å². The Morgan fingerprint density at radius 2 is 1.29 bits per heavy atom. The van der Waals surface area contributed by atoms with Gasteiger partial charge in [-0.2, -0.15) is 0 Å². The molecule has 0 amide bonds. The number of hydrogen-bond donors (Lipinski definition) is 0. The molecule has 0 heterocycles. The molecule has 2 aliphatic rings. The monoisotopic (exact) mass is 322 g/mol. The molecule has 24 heavy (non-hydrogen) atoms. The molecule has 0 saturated heterocycles. The largest absolute Gasteiger partial charge is 0.0654 e. The number of rotatable bonds is 7. The Hall–Kier alpha value is -1.30. The second-order valence-electron chi connectivity index (χ2n) is 7.62. The highest BCUT2D eigenvalue weighted by Gasteiger charge is 2.33. The van der Waals surface area contributed by atoms with Gasteiger partial charge in [-0.1, -0.05) is 74.6 Å². The van der Waals surface area contributed by atoms with Crippen LogP contribution in [-0.2, 0) is 0 Å². The van der Waals surface area contributed by atoms with Crippen molar-refractivity contribution < 1.29 is 0 Å². The molecule has 0 aliphatic heterocycles. The van der Waals surface area contributed by atoms with Crippen molar-refractivity contribution in [1.29, 1.82) is 0 Å². The summed E-state index contributed by atoms with van der Waals surface area (Å²) in [4.78, 5) is 0. The van der Waals surface area contributed by atoms with E-state index in [4.69, 9.17) is 0 Å². The zero-order valence-corrected chi connectivity index (χ0v) is 15.7. The van der Waals surface area contributed by atoms with Gasteiger partial charge < -0.3 is 0 Å². The maximum absolute atomic E-state index is 2.37. The van der Waals surface area contributed by atoms with E-state index in [2.05, 4.69) is 44.2 Å². The molecule has 0 radical (unpaired) electrons. The van der Waals surface area contributed by atoms with Crippen LogP contribution in [0, 0.1) is 0 Å². The van der Waals surface area contributed by atoms with Gasteiger partial charge in [0.25, 0.3) is 0 Å². The van der Waals surface area contributed by atoms with Gasteiger partial charge in [0.1, 0.15) is 0 Å². The molecule has 3 rings (SSSR count). The zero-order chi connectivity index (χ0) is 16.8. The lowest BCUT2D eigenvalue weighted by Gasteiger charge is -2.21. The van der Waals surface area contributed by atoms with E-state index < -0.39 is 0 Å². The first kappa shape index (κ1) is 17.5. The standard InChI is InChI=1S/C24H34/c1-3-5-15-22-20-17-11-8-12-18-21(20)23(16-6-4-2)24(22)19-13-9-7-10-14-19/h7,9-10,13-14,24H,3-6,8,11-12,15-18H2,1-2H3. The van der Waals surface area contributed by atoms with E-state index in [9.17, 15) is 0 Å². The van der Waals surface area contributed by atoms with Crippen molar-refractivity contribution in [3.8, 4) is 0 Å². The van der Waals surface area contributed by atoms with Gasteiger partial charge in [0.2, 0.25) is 0 Å². The first-order valence-corrected chi connectivity index (χ1v) is 10.4. The Kier molecular flexibility index (Phi) is 6.35. The molecule has 1 fully saturated rings. The van der Waals surface area contributed by atoms with Gasteiger partial charge in [-0.3, -0.25) is 0 Å². The van der Waals surface area contributed by atoms with Crippen molar-refractivity contribution in [2.45, 2.75) is 90.4 Å². The van der Waals surface area contributed by atoms with Crippen LogP contribution in [0.4, 0.5) is 0 Å². The molecule has 0 atom stereocenters. The van der Waals surface area contributed by atoms with Crippen molar-refractivity contribution in [2.24, 2.45) is 0 Å². The van der Waals surface area contributed by atoms with Crippen LogP contribution < -0.4 is 0 Å². The molecule has 0 bridgehead atoms. The minimum atomic E-state index is 0.604. The van der Waals surface area contributed by atoms with E-state index in [0.717, 1.165) is 0 Å². The molecule has 0 heteroatoms. The number of allylic oxidation sites excluding steroid dienone is 4. The molecule has 2 aliphatic carbocycles. The molecular weight excluding hydrogens is 288 g/mol. The smallest absolute Gasteiger partial charge is 0.0269 e. The number of hydrogen-bond acceptors (Lipinski definition) is 0. The summed E-state index contributed by atoms with van der Waals surface area (Å²) in [6, 6.07) is 11.4. The average molecular weight is 323 g/mol. The van der Waals surface area contributed by atoms with Crippen LogP contribution in [0.15, 0.2) is 52.6 Å². The first-order valence-electron chi connectivity index (χ1n) is 10.4. The highest BCUT2D eigenvalue weighted by molar-refractivity contribution is 5.56. The van der Waals surface area contributed by atoms with E-state index in [1.807, 2.05) is 0 Å².